The third-order valence-corrected chi connectivity index (χ3v) is 4.24. The number of carbonyl (C=O) groups is 5. The molecule has 0 unspecified atom stereocenters. The molecule has 3 amide bonds. The molecule has 0 aliphatic heterocycles. The van der Waals surface area contributed by atoms with Gasteiger partial charge in [0.2, 0.25) is 22.8 Å². The Bertz CT molecular complexity index is 706. The Morgan fingerprint density at radius 3 is 1.93 bits per heavy atom. The van der Waals surface area contributed by atoms with Gasteiger partial charge in [0.25, 0.3) is 0 Å². The van der Waals surface area contributed by atoms with E-state index in [2.05, 4.69) is 16.0 Å². The third-order valence-electron chi connectivity index (χ3n) is 3.34. The van der Waals surface area contributed by atoms with Crippen molar-refractivity contribution in [1.29, 1.82) is 0 Å². The fraction of sp³-hybridized carbons (Fsp3) is 0.389. The van der Waals surface area contributed by atoms with Crippen LogP contribution in [0.5, 0.6) is 0 Å². The molecule has 0 atom stereocenters. The summed E-state index contributed by atoms with van der Waals surface area (Å²) in [4.78, 5) is 58.1. The lowest BCUT2D eigenvalue weighted by Gasteiger charge is -2.08. The first kappa shape index (κ1) is 22.4. The highest BCUT2D eigenvalue weighted by atomic mass is 32.2. The molecule has 152 valence electrons. The van der Waals surface area contributed by atoms with Gasteiger partial charge in [-0.1, -0.05) is 55.9 Å². The fourth-order valence-electron chi connectivity index (χ4n) is 1.71. The molecule has 3 N–H and O–H groups in total. The first-order valence-corrected chi connectivity index (χ1v) is 9.33. The molecule has 8 nitrogen and oxygen atoms in total. The van der Waals surface area contributed by atoms with Crippen LogP contribution in [-0.2, 0) is 19.2 Å². The minimum atomic E-state index is -0.548. The van der Waals surface area contributed by atoms with Crippen LogP contribution in [0.2, 0.25) is 0 Å². The van der Waals surface area contributed by atoms with E-state index < -0.39 is 17.7 Å². The summed E-state index contributed by atoms with van der Waals surface area (Å²) < 4.78 is 0. The zero-order valence-electron chi connectivity index (χ0n) is 15.2. The van der Waals surface area contributed by atoms with Crippen LogP contribution in [0.1, 0.15) is 28.5 Å². The van der Waals surface area contributed by atoms with Crippen LogP contribution < -0.4 is 16.0 Å². The van der Waals surface area contributed by atoms with E-state index in [1.165, 1.54) is 0 Å². The topological polar surface area (TPSA) is 121 Å². The molecule has 1 rings (SSSR count). The Hall–Kier alpha value is -2.68. The van der Waals surface area contributed by atoms with Crippen LogP contribution in [0.4, 0.5) is 0 Å². The number of rotatable bonds is 10. The molecule has 0 saturated carbocycles. The van der Waals surface area contributed by atoms with E-state index in [-0.39, 0.29) is 46.5 Å². The zero-order valence-corrected chi connectivity index (χ0v) is 16.1. The van der Waals surface area contributed by atoms with Gasteiger partial charge >= 0.3 is 0 Å². The monoisotopic (exact) mass is 399 g/mol. The molecule has 0 aromatic heterocycles. The molecule has 9 heteroatoms. The van der Waals surface area contributed by atoms with E-state index in [9.17, 15) is 24.0 Å². The van der Waals surface area contributed by atoms with Gasteiger partial charge in [-0.05, 0) is 0 Å². The molecule has 0 saturated heterocycles. The molecule has 0 radical (unpaired) electrons. The first-order chi connectivity index (χ1) is 12.8. The van der Waals surface area contributed by atoms with Crippen molar-refractivity contribution in [2.24, 2.45) is 5.92 Å². The summed E-state index contributed by atoms with van der Waals surface area (Å²) in [6, 6.07) is 8.55. The van der Waals surface area contributed by atoms with E-state index >= 15 is 0 Å². The standard InChI is InChI=1S/C18H23N3O5S.3H2/c1-12(2)14(22)8-19-15(23)9-20-16(24)10-21-17(25)11-27-18(26)13-6-4-3-5-7-13;;;/h3-7,12H,8-11H2,1-2H3,(H,19,23)(H,20,24)(H,21,25);3*1H. The summed E-state index contributed by atoms with van der Waals surface area (Å²) in [5.41, 5.74) is 0.495. The van der Waals surface area contributed by atoms with Gasteiger partial charge in [0.1, 0.15) is 0 Å². The summed E-state index contributed by atoms with van der Waals surface area (Å²) in [5.74, 6) is -1.91. The van der Waals surface area contributed by atoms with E-state index in [4.69, 9.17) is 0 Å². The minimum absolute atomic E-state index is 0. The van der Waals surface area contributed by atoms with E-state index in [1.54, 1.807) is 44.2 Å². The van der Waals surface area contributed by atoms with E-state index in [0.717, 1.165) is 11.8 Å². The van der Waals surface area contributed by atoms with Gasteiger partial charge in [0, 0.05) is 15.8 Å². The summed E-state index contributed by atoms with van der Waals surface area (Å²) in [7, 11) is 0. The normalized spacial score (nSPS) is 10.2. The quantitative estimate of drug-likeness (QED) is 0.537. The van der Waals surface area contributed by atoms with Gasteiger partial charge in [0.15, 0.2) is 5.78 Å². The van der Waals surface area contributed by atoms with Crippen LogP contribution in [0, 0.1) is 5.92 Å². The second kappa shape index (κ2) is 11.8. The molecule has 0 aliphatic rings. The number of nitrogens with one attached hydrogen (secondary N) is 3. The highest BCUT2D eigenvalue weighted by Gasteiger charge is 2.12. The van der Waals surface area contributed by atoms with Crippen molar-refractivity contribution in [3.8, 4) is 0 Å². The number of ketones is 1. The van der Waals surface area contributed by atoms with Gasteiger partial charge in [-0.25, -0.2) is 0 Å². The number of hydrogen-bond donors (Lipinski definition) is 3. The Labute approximate surface area is 166 Å². The van der Waals surface area contributed by atoms with Crippen LogP contribution in [0.15, 0.2) is 30.3 Å². The van der Waals surface area contributed by atoms with Crippen molar-refractivity contribution in [3.05, 3.63) is 35.9 Å². The predicted octanol–water partition coefficient (Wildman–Crippen LogP) is 0.872. The molecule has 1 aromatic rings. The largest absolute Gasteiger partial charge is 0.347 e. The maximum absolute atomic E-state index is 11.9. The second-order valence-electron chi connectivity index (χ2n) is 5.89. The molecule has 0 fully saturated rings. The SMILES string of the molecule is CC(C)C(=O)CNC(=O)CNC(=O)CNC(=O)CSC(=O)c1ccccc1.[HH].[HH].[HH]. The van der Waals surface area contributed by atoms with Gasteiger partial charge in [-0.15, -0.1) is 0 Å². The number of hydrogen-bond acceptors (Lipinski definition) is 6. The summed E-state index contributed by atoms with van der Waals surface area (Å²) in [6.45, 7) is 2.77. The Morgan fingerprint density at radius 1 is 0.852 bits per heavy atom. The van der Waals surface area contributed by atoms with E-state index in [1.807, 2.05) is 0 Å². The summed E-state index contributed by atoms with van der Waals surface area (Å²) in [5, 5.41) is 6.87. The highest BCUT2D eigenvalue weighted by molar-refractivity contribution is 8.14. The number of amides is 3. The zero-order chi connectivity index (χ0) is 20.2. The molecule has 0 aliphatic carbocycles. The minimum Gasteiger partial charge on any atom is -0.347 e. The molecule has 0 spiro atoms. The number of thioether (sulfide) groups is 1. The Balaban J connectivity index is -0.00000243. The molecule has 27 heavy (non-hydrogen) atoms. The van der Waals surface area contributed by atoms with Crippen LogP contribution in [-0.4, -0.2) is 54.0 Å². The Morgan fingerprint density at radius 2 is 1.37 bits per heavy atom. The Kier molecular flexibility index (Phi) is 9.81. The van der Waals surface area contributed by atoms with Gasteiger partial charge in [-0.3, -0.25) is 24.0 Å². The van der Waals surface area contributed by atoms with Crippen molar-refractivity contribution in [3.63, 3.8) is 0 Å². The van der Waals surface area contributed by atoms with Gasteiger partial charge < -0.3 is 16.0 Å². The van der Waals surface area contributed by atoms with Crippen LogP contribution in [0.3, 0.4) is 0 Å². The second-order valence-corrected chi connectivity index (χ2v) is 6.84. The maximum atomic E-state index is 11.9. The van der Waals surface area contributed by atoms with Crippen molar-refractivity contribution < 1.29 is 28.3 Å². The van der Waals surface area contributed by atoms with Crippen molar-refractivity contribution in [1.82, 2.24) is 16.0 Å². The lowest BCUT2D eigenvalue weighted by atomic mass is 10.1. The molecule has 0 bridgehead atoms. The van der Waals surface area contributed by atoms with Crippen molar-refractivity contribution >= 4 is 40.4 Å². The van der Waals surface area contributed by atoms with Gasteiger partial charge in [-0.2, -0.15) is 0 Å². The lowest BCUT2D eigenvalue weighted by Crippen LogP contribution is -2.43. The lowest BCUT2D eigenvalue weighted by molar-refractivity contribution is -0.128. The molecular weight excluding hydrogens is 370 g/mol. The molecule has 1 aromatic carbocycles. The smallest absolute Gasteiger partial charge is 0.239 e. The van der Waals surface area contributed by atoms with E-state index in [0.29, 0.717) is 5.56 Å². The average molecular weight is 400 g/mol. The predicted molar refractivity (Wildman–Crippen MR) is 108 cm³/mol. The van der Waals surface area contributed by atoms with Gasteiger partial charge in [0.05, 0.1) is 25.4 Å². The maximum Gasteiger partial charge on any atom is 0.239 e. The number of benzene rings is 1. The summed E-state index contributed by atoms with van der Waals surface area (Å²) in [6.07, 6.45) is 0. The van der Waals surface area contributed by atoms with Crippen molar-refractivity contribution in [2.45, 2.75) is 13.8 Å². The molecule has 0 heterocycles. The first-order valence-electron chi connectivity index (χ1n) is 8.34. The fourth-order valence-corrected chi connectivity index (χ4v) is 2.38. The summed E-state index contributed by atoms with van der Waals surface area (Å²) >= 11 is 0.840. The average Bonchev–Trinajstić information content (AvgIpc) is 2.67. The van der Waals surface area contributed by atoms with Crippen LogP contribution in [0.25, 0.3) is 0 Å². The number of Topliss-reactive ketones (excluding diaryl/α,β-unsaturated/α-hetero) is 1. The molecular formula is C18H29N3O5S. The highest BCUT2D eigenvalue weighted by Crippen LogP contribution is 2.11. The van der Waals surface area contributed by atoms with Crippen LogP contribution >= 0.6 is 11.8 Å². The third kappa shape index (κ3) is 9.55. The van der Waals surface area contributed by atoms with Crippen molar-refractivity contribution in [2.75, 3.05) is 25.4 Å². The number of carbonyl (C=O) groups excluding carboxylic acids is 5.